The Bertz CT molecular complexity index is 248. The highest BCUT2D eigenvalue weighted by Crippen LogP contribution is 2.37. The maximum atomic E-state index is 11.6. The summed E-state index contributed by atoms with van der Waals surface area (Å²) < 4.78 is 10.8. The van der Waals surface area contributed by atoms with Crippen molar-refractivity contribution in [1.29, 1.82) is 0 Å². The van der Waals surface area contributed by atoms with Gasteiger partial charge in [-0.2, -0.15) is 0 Å². The average molecular weight is 226 g/mol. The Morgan fingerprint density at radius 1 is 1.25 bits per heavy atom. The van der Waals surface area contributed by atoms with E-state index in [9.17, 15) is 4.79 Å². The third-order valence-corrected chi connectivity index (χ3v) is 3.71. The van der Waals surface area contributed by atoms with E-state index in [0.29, 0.717) is 5.92 Å². The molecule has 0 aliphatic heterocycles. The van der Waals surface area contributed by atoms with Crippen LogP contribution in [0.2, 0.25) is 0 Å². The summed E-state index contributed by atoms with van der Waals surface area (Å²) in [4.78, 5) is 11.6. The zero-order chi connectivity index (χ0) is 11.5. The second kappa shape index (κ2) is 5.17. The van der Waals surface area contributed by atoms with Crippen LogP contribution < -0.4 is 0 Å². The van der Waals surface area contributed by atoms with Crippen LogP contribution in [0.3, 0.4) is 0 Å². The van der Waals surface area contributed by atoms with E-state index in [1.807, 2.05) is 0 Å². The van der Waals surface area contributed by atoms with Crippen LogP contribution >= 0.6 is 0 Å². The minimum atomic E-state index is -0.291. The fraction of sp³-hybridized carbons (Fsp3) is 0.923. The molecular weight excluding hydrogens is 204 g/mol. The van der Waals surface area contributed by atoms with E-state index >= 15 is 0 Å². The van der Waals surface area contributed by atoms with Crippen molar-refractivity contribution in [2.45, 2.75) is 57.7 Å². The summed E-state index contributed by atoms with van der Waals surface area (Å²) in [5.74, 6) is 0.974. The normalized spacial score (nSPS) is 32.1. The van der Waals surface area contributed by atoms with Gasteiger partial charge in [0.1, 0.15) is 0 Å². The molecule has 0 saturated heterocycles. The number of methoxy groups -OCH3 is 1. The van der Waals surface area contributed by atoms with Crippen LogP contribution in [0.5, 0.6) is 0 Å². The van der Waals surface area contributed by atoms with Crippen molar-refractivity contribution in [2.75, 3.05) is 7.11 Å². The number of carbonyl (C=O) groups excluding carboxylic acids is 1. The second-order valence-corrected chi connectivity index (χ2v) is 5.31. The fourth-order valence-corrected chi connectivity index (χ4v) is 2.58. The van der Waals surface area contributed by atoms with E-state index in [1.165, 1.54) is 20.0 Å². The van der Waals surface area contributed by atoms with Gasteiger partial charge in [0.15, 0.2) is 6.10 Å². The number of carbonyl (C=O) groups is 1. The molecule has 2 aliphatic rings. The van der Waals surface area contributed by atoms with Crippen LogP contribution in [0.25, 0.3) is 0 Å². The van der Waals surface area contributed by atoms with Gasteiger partial charge in [-0.15, -0.1) is 0 Å². The lowest BCUT2D eigenvalue weighted by molar-refractivity contribution is -0.161. The summed E-state index contributed by atoms with van der Waals surface area (Å²) in [6.07, 6.45) is 6.93. The lowest BCUT2D eigenvalue weighted by Crippen LogP contribution is -2.34. The molecule has 0 spiro atoms. The van der Waals surface area contributed by atoms with Crippen LogP contribution in [0, 0.1) is 11.8 Å². The highest BCUT2D eigenvalue weighted by atomic mass is 16.6. The minimum absolute atomic E-state index is 0.180. The van der Waals surface area contributed by atoms with E-state index in [4.69, 9.17) is 9.47 Å². The van der Waals surface area contributed by atoms with Crippen LogP contribution in [-0.4, -0.2) is 25.3 Å². The predicted molar refractivity (Wildman–Crippen MR) is 61.0 cm³/mol. The smallest absolute Gasteiger partial charge is 0.335 e. The van der Waals surface area contributed by atoms with E-state index < -0.39 is 0 Å². The molecule has 3 unspecified atom stereocenters. The molecule has 2 aliphatic carbocycles. The van der Waals surface area contributed by atoms with Gasteiger partial charge in [0.2, 0.25) is 0 Å². The molecule has 0 heterocycles. The van der Waals surface area contributed by atoms with E-state index in [1.54, 1.807) is 0 Å². The Hall–Kier alpha value is -0.570. The van der Waals surface area contributed by atoms with Gasteiger partial charge in [-0.3, -0.25) is 0 Å². The summed E-state index contributed by atoms with van der Waals surface area (Å²) in [5.41, 5.74) is 0. The van der Waals surface area contributed by atoms with Gasteiger partial charge in [0.25, 0.3) is 0 Å². The molecule has 0 radical (unpaired) electrons. The number of ether oxygens (including phenoxy) is 2. The Kier molecular flexibility index (Phi) is 3.85. The Balaban J connectivity index is 1.87. The monoisotopic (exact) mass is 226 g/mol. The van der Waals surface area contributed by atoms with Crippen LogP contribution in [0.1, 0.15) is 45.4 Å². The van der Waals surface area contributed by atoms with Crippen molar-refractivity contribution >= 4 is 5.97 Å². The van der Waals surface area contributed by atoms with Crippen molar-refractivity contribution in [3.05, 3.63) is 0 Å². The summed E-state index contributed by atoms with van der Waals surface area (Å²) in [5, 5.41) is 0. The Labute approximate surface area is 97.5 Å². The molecule has 0 N–H and O–H groups in total. The molecule has 2 rings (SSSR count). The van der Waals surface area contributed by atoms with Gasteiger partial charge in [-0.05, 0) is 37.5 Å². The molecule has 92 valence electrons. The first-order valence-electron chi connectivity index (χ1n) is 6.44. The van der Waals surface area contributed by atoms with Gasteiger partial charge in [-0.1, -0.05) is 19.8 Å². The van der Waals surface area contributed by atoms with E-state index in [0.717, 1.165) is 31.6 Å². The summed E-state index contributed by atoms with van der Waals surface area (Å²) in [7, 11) is 1.45. The molecule has 3 nitrogen and oxygen atoms in total. The molecule has 0 bridgehead atoms. The zero-order valence-corrected chi connectivity index (χ0v) is 10.3. The first-order chi connectivity index (χ1) is 7.70. The minimum Gasteiger partial charge on any atom is -0.467 e. The SMILES string of the molecule is COC(=O)C(OC1CCCC(C)C1)C1CC1. The number of hydrogen-bond donors (Lipinski definition) is 0. The van der Waals surface area contributed by atoms with Crippen molar-refractivity contribution in [1.82, 2.24) is 0 Å². The van der Waals surface area contributed by atoms with Crippen molar-refractivity contribution < 1.29 is 14.3 Å². The zero-order valence-electron chi connectivity index (χ0n) is 10.3. The van der Waals surface area contributed by atoms with Gasteiger partial charge >= 0.3 is 5.97 Å². The summed E-state index contributed by atoms with van der Waals surface area (Å²) in [6, 6.07) is 0. The molecule has 0 amide bonds. The number of rotatable bonds is 4. The first kappa shape index (κ1) is 11.9. The molecule has 0 aromatic rings. The molecule has 2 fully saturated rings. The molecule has 0 aromatic carbocycles. The maximum absolute atomic E-state index is 11.6. The molecule has 2 saturated carbocycles. The van der Waals surface area contributed by atoms with Crippen molar-refractivity contribution in [3.8, 4) is 0 Å². The van der Waals surface area contributed by atoms with E-state index in [2.05, 4.69) is 6.92 Å². The topological polar surface area (TPSA) is 35.5 Å². The summed E-state index contributed by atoms with van der Waals surface area (Å²) >= 11 is 0. The lowest BCUT2D eigenvalue weighted by atomic mass is 9.88. The van der Waals surface area contributed by atoms with Crippen molar-refractivity contribution in [3.63, 3.8) is 0 Å². The molecule has 0 aromatic heterocycles. The first-order valence-corrected chi connectivity index (χ1v) is 6.44. The third kappa shape index (κ3) is 2.97. The number of esters is 1. The lowest BCUT2D eigenvalue weighted by Gasteiger charge is -2.29. The fourth-order valence-electron chi connectivity index (χ4n) is 2.58. The highest BCUT2D eigenvalue weighted by Gasteiger charge is 2.39. The van der Waals surface area contributed by atoms with Crippen LogP contribution in [-0.2, 0) is 14.3 Å². The largest absolute Gasteiger partial charge is 0.467 e. The van der Waals surface area contributed by atoms with Gasteiger partial charge < -0.3 is 9.47 Å². The Morgan fingerprint density at radius 2 is 2.00 bits per heavy atom. The standard InChI is InChI=1S/C13H22O3/c1-9-4-3-5-11(8-9)16-12(10-6-7-10)13(14)15-2/h9-12H,3-8H2,1-2H3. The van der Waals surface area contributed by atoms with Crippen LogP contribution in [0.15, 0.2) is 0 Å². The predicted octanol–water partition coefficient (Wildman–Crippen LogP) is 2.53. The van der Waals surface area contributed by atoms with E-state index in [-0.39, 0.29) is 18.2 Å². The second-order valence-electron chi connectivity index (χ2n) is 5.31. The summed E-state index contributed by atoms with van der Waals surface area (Å²) in [6.45, 7) is 2.26. The van der Waals surface area contributed by atoms with Crippen LogP contribution in [0.4, 0.5) is 0 Å². The molecule has 3 heteroatoms. The highest BCUT2D eigenvalue weighted by molar-refractivity contribution is 5.75. The quantitative estimate of drug-likeness (QED) is 0.691. The molecular formula is C13H22O3. The van der Waals surface area contributed by atoms with Crippen molar-refractivity contribution in [2.24, 2.45) is 11.8 Å². The average Bonchev–Trinajstić information content (AvgIpc) is 3.09. The number of hydrogen-bond acceptors (Lipinski definition) is 3. The third-order valence-electron chi connectivity index (χ3n) is 3.71. The molecule has 16 heavy (non-hydrogen) atoms. The van der Waals surface area contributed by atoms with Gasteiger partial charge in [-0.25, -0.2) is 4.79 Å². The van der Waals surface area contributed by atoms with Gasteiger partial charge in [0, 0.05) is 0 Å². The van der Waals surface area contributed by atoms with Gasteiger partial charge in [0.05, 0.1) is 13.2 Å². The molecule has 3 atom stereocenters. The Morgan fingerprint density at radius 3 is 2.56 bits per heavy atom. The maximum Gasteiger partial charge on any atom is 0.335 e.